The smallest absolute Gasteiger partial charge is 0.416 e. The fourth-order valence-electron chi connectivity index (χ4n) is 4.13. The first kappa shape index (κ1) is 24.7. The van der Waals surface area contributed by atoms with Crippen molar-refractivity contribution in [1.82, 2.24) is 5.32 Å². The molecule has 0 saturated heterocycles. The van der Waals surface area contributed by atoms with Gasteiger partial charge in [-0.2, -0.15) is 26.3 Å². The van der Waals surface area contributed by atoms with Gasteiger partial charge in [0.2, 0.25) is 5.91 Å². The second-order valence-corrected chi connectivity index (χ2v) is 8.36. The lowest BCUT2D eigenvalue weighted by atomic mass is 9.59. The van der Waals surface area contributed by atoms with Crippen LogP contribution in [-0.4, -0.2) is 19.1 Å². The average Bonchev–Trinajstić information content (AvgIpc) is 2.71. The Hall–Kier alpha value is -2.97. The Bertz CT molecular complexity index is 976. The van der Waals surface area contributed by atoms with Crippen molar-refractivity contribution >= 4 is 11.7 Å². The van der Waals surface area contributed by atoms with Crippen molar-refractivity contribution in [3.05, 3.63) is 77.4 Å². The lowest BCUT2D eigenvalue weighted by Gasteiger charge is -2.48. The molecule has 1 N–H and O–H groups in total. The molecule has 9 heteroatoms. The van der Waals surface area contributed by atoms with Crippen molar-refractivity contribution in [3.63, 3.8) is 0 Å². The maximum absolute atomic E-state index is 13.2. The highest BCUT2D eigenvalue weighted by atomic mass is 19.4. The minimum absolute atomic E-state index is 0.0318. The van der Waals surface area contributed by atoms with E-state index in [1.54, 1.807) is 0 Å². The Morgan fingerprint density at radius 2 is 1.58 bits per heavy atom. The highest BCUT2D eigenvalue weighted by molar-refractivity contribution is 5.72. The first-order valence-electron chi connectivity index (χ1n) is 10.2. The number of alkyl halides is 6. The van der Waals surface area contributed by atoms with Crippen LogP contribution >= 0.6 is 0 Å². The summed E-state index contributed by atoms with van der Waals surface area (Å²) in [5.41, 5.74) is -2.77. The normalized spacial score (nSPS) is 20.6. The van der Waals surface area contributed by atoms with Gasteiger partial charge in [-0.25, -0.2) is 0 Å². The predicted molar refractivity (Wildman–Crippen MR) is 111 cm³/mol. The third kappa shape index (κ3) is 5.89. The molecule has 0 radical (unpaired) electrons. The highest BCUT2D eigenvalue weighted by Gasteiger charge is 2.46. The molecule has 1 saturated carbocycles. The second kappa shape index (κ2) is 9.11. The van der Waals surface area contributed by atoms with E-state index < -0.39 is 28.9 Å². The first-order chi connectivity index (χ1) is 15.3. The molecule has 33 heavy (non-hydrogen) atoms. The number of rotatable bonds is 7. The zero-order chi connectivity index (χ0) is 24.4. The SMILES string of the molecule is C=C(OCC1(c2ccccc2)CC(CNC(C)=O)C1)c1cc(C(F)(F)F)cc(C(F)(F)F)c1. The fourth-order valence-corrected chi connectivity index (χ4v) is 4.13. The zero-order valence-corrected chi connectivity index (χ0v) is 17.8. The molecule has 1 aliphatic rings. The van der Waals surface area contributed by atoms with E-state index in [4.69, 9.17) is 4.74 Å². The van der Waals surface area contributed by atoms with Crippen LogP contribution in [0.3, 0.4) is 0 Å². The number of hydrogen-bond acceptors (Lipinski definition) is 2. The summed E-state index contributed by atoms with van der Waals surface area (Å²) in [4.78, 5) is 11.2. The molecule has 1 fully saturated rings. The number of carbonyl (C=O) groups is 1. The van der Waals surface area contributed by atoms with Gasteiger partial charge in [0.25, 0.3) is 0 Å². The summed E-state index contributed by atoms with van der Waals surface area (Å²) < 4.78 is 84.7. The lowest BCUT2D eigenvalue weighted by molar-refractivity contribution is -0.143. The number of nitrogens with one attached hydrogen (secondary N) is 1. The van der Waals surface area contributed by atoms with Gasteiger partial charge in [-0.3, -0.25) is 4.79 Å². The van der Waals surface area contributed by atoms with Gasteiger partial charge in [-0.15, -0.1) is 0 Å². The Kier molecular flexibility index (Phi) is 6.81. The van der Waals surface area contributed by atoms with Crippen molar-refractivity contribution in [1.29, 1.82) is 0 Å². The monoisotopic (exact) mass is 471 g/mol. The molecule has 0 aromatic heterocycles. The third-order valence-electron chi connectivity index (χ3n) is 5.82. The molecule has 2 aromatic rings. The number of hydrogen-bond donors (Lipinski definition) is 1. The summed E-state index contributed by atoms with van der Waals surface area (Å²) >= 11 is 0. The van der Waals surface area contributed by atoms with Crippen LogP contribution in [0.15, 0.2) is 55.1 Å². The molecule has 3 nitrogen and oxygen atoms in total. The molecule has 0 spiro atoms. The maximum atomic E-state index is 13.2. The molecule has 0 bridgehead atoms. The number of halogens is 6. The molecule has 3 rings (SSSR count). The van der Waals surface area contributed by atoms with E-state index in [0.29, 0.717) is 31.5 Å². The summed E-state index contributed by atoms with van der Waals surface area (Å²) in [6, 6.07) is 10.6. The second-order valence-electron chi connectivity index (χ2n) is 8.36. The summed E-state index contributed by atoms with van der Waals surface area (Å²) in [6.45, 7) is 5.52. The van der Waals surface area contributed by atoms with Gasteiger partial charge in [0.05, 0.1) is 17.7 Å². The van der Waals surface area contributed by atoms with E-state index >= 15 is 0 Å². The molecule has 178 valence electrons. The van der Waals surface area contributed by atoms with Gasteiger partial charge >= 0.3 is 12.4 Å². The van der Waals surface area contributed by atoms with Crippen molar-refractivity contribution in [3.8, 4) is 0 Å². The molecule has 0 atom stereocenters. The van der Waals surface area contributed by atoms with Gasteiger partial charge in [0.15, 0.2) is 0 Å². The van der Waals surface area contributed by atoms with E-state index in [-0.39, 0.29) is 35.8 Å². The first-order valence-corrected chi connectivity index (χ1v) is 10.2. The van der Waals surface area contributed by atoms with Crippen molar-refractivity contribution in [2.24, 2.45) is 5.92 Å². The summed E-state index contributed by atoms with van der Waals surface area (Å²) in [5, 5.41) is 2.76. The molecular weight excluding hydrogens is 448 g/mol. The third-order valence-corrected chi connectivity index (χ3v) is 5.82. The van der Waals surface area contributed by atoms with Crippen LogP contribution in [-0.2, 0) is 27.3 Å². The Morgan fingerprint density at radius 1 is 1.03 bits per heavy atom. The Morgan fingerprint density at radius 3 is 2.06 bits per heavy atom. The van der Waals surface area contributed by atoms with Crippen molar-refractivity contribution in [2.75, 3.05) is 13.2 Å². The number of amides is 1. The van der Waals surface area contributed by atoms with Gasteiger partial charge in [-0.1, -0.05) is 36.9 Å². The largest absolute Gasteiger partial charge is 0.493 e. The minimum Gasteiger partial charge on any atom is -0.493 e. The fraction of sp³-hybridized carbons (Fsp3) is 0.375. The maximum Gasteiger partial charge on any atom is 0.416 e. The Labute approximate surface area is 187 Å². The number of benzene rings is 2. The number of carbonyl (C=O) groups excluding carboxylic acids is 1. The predicted octanol–water partition coefficient (Wildman–Crippen LogP) is 6.20. The zero-order valence-electron chi connectivity index (χ0n) is 17.8. The summed E-state index contributed by atoms with van der Waals surface area (Å²) in [6.07, 6.45) is -8.62. The van der Waals surface area contributed by atoms with E-state index in [1.807, 2.05) is 30.3 Å². The van der Waals surface area contributed by atoms with E-state index in [1.165, 1.54) is 6.92 Å². The quantitative estimate of drug-likeness (QED) is 0.386. The van der Waals surface area contributed by atoms with E-state index in [0.717, 1.165) is 5.56 Å². The van der Waals surface area contributed by atoms with Crippen LogP contribution in [0.1, 0.15) is 42.0 Å². The molecule has 0 heterocycles. The van der Waals surface area contributed by atoms with Crippen LogP contribution < -0.4 is 5.32 Å². The Balaban J connectivity index is 1.81. The minimum atomic E-state index is -4.95. The van der Waals surface area contributed by atoms with Crippen LogP contribution in [0.25, 0.3) is 5.76 Å². The van der Waals surface area contributed by atoms with Crippen LogP contribution in [0.4, 0.5) is 26.3 Å². The summed E-state index contributed by atoms with van der Waals surface area (Å²) in [5.74, 6) is -0.245. The molecule has 1 amide bonds. The van der Waals surface area contributed by atoms with Crippen molar-refractivity contribution < 1.29 is 35.9 Å². The van der Waals surface area contributed by atoms with Gasteiger partial charge in [0.1, 0.15) is 5.76 Å². The standard InChI is InChI=1S/C24H23F6NO2/c1-15(18-8-20(23(25,26)27)10-21(9-18)24(28,29)30)33-14-22(19-6-4-3-5-7-19)11-17(12-22)13-31-16(2)32/h3-10,17H,1,11-14H2,2H3,(H,31,32). The van der Waals surface area contributed by atoms with Crippen molar-refractivity contribution in [2.45, 2.75) is 37.5 Å². The van der Waals surface area contributed by atoms with E-state index in [2.05, 4.69) is 11.9 Å². The molecular formula is C24H23F6NO2. The van der Waals surface area contributed by atoms with Gasteiger partial charge < -0.3 is 10.1 Å². The number of ether oxygens (including phenoxy) is 1. The molecule has 0 unspecified atom stereocenters. The highest BCUT2D eigenvalue weighted by Crippen LogP contribution is 2.48. The van der Waals surface area contributed by atoms with Crippen LogP contribution in [0, 0.1) is 5.92 Å². The van der Waals surface area contributed by atoms with Crippen LogP contribution in [0.2, 0.25) is 0 Å². The topological polar surface area (TPSA) is 38.3 Å². The van der Waals surface area contributed by atoms with Gasteiger partial charge in [-0.05, 0) is 42.5 Å². The van der Waals surface area contributed by atoms with Crippen LogP contribution in [0.5, 0.6) is 0 Å². The summed E-state index contributed by atoms with van der Waals surface area (Å²) in [7, 11) is 0. The molecule has 0 aliphatic heterocycles. The van der Waals surface area contributed by atoms with Gasteiger partial charge in [0, 0.05) is 24.4 Å². The average molecular weight is 471 g/mol. The molecule has 1 aliphatic carbocycles. The lowest BCUT2D eigenvalue weighted by Crippen LogP contribution is -2.48. The van der Waals surface area contributed by atoms with E-state index in [9.17, 15) is 31.1 Å². The molecule has 2 aromatic carbocycles.